The van der Waals surface area contributed by atoms with Crippen molar-refractivity contribution >= 4 is 46.7 Å². The number of carbonyl (C=O) groups excluding carboxylic acids is 1. The molecule has 2 aliphatic rings. The highest BCUT2D eigenvalue weighted by atomic mass is 35.5. The van der Waals surface area contributed by atoms with Crippen molar-refractivity contribution in [1.82, 2.24) is 0 Å². The monoisotopic (exact) mass is 488 g/mol. The van der Waals surface area contributed by atoms with E-state index in [2.05, 4.69) is 0 Å². The minimum Gasteiger partial charge on any atom is -0.489 e. The van der Waals surface area contributed by atoms with Crippen LogP contribution in [0.4, 0.5) is 0 Å². The lowest BCUT2D eigenvalue weighted by atomic mass is 10.1. The third-order valence-electron chi connectivity index (χ3n) is 5.02. The quantitative estimate of drug-likeness (QED) is 0.381. The van der Waals surface area contributed by atoms with E-state index in [4.69, 9.17) is 53.8 Å². The minimum atomic E-state index is -0.225. The predicted molar refractivity (Wildman–Crippen MR) is 122 cm³/mol. The van der Waals surface area contributed by atoms with Crippen LogP contribution >= 0.6 is 34.8 Å². The molecule has 2 aliphatic heterocycles. The molecule has 162 valence electrons. The van der Waals surface area contributed by atoms with Crippen molar-refractivity contribution in [2.45, 2.75) is 13.2 Å². The van der Waals surface area contributed by atoms with Crippen LogP contribution in [-0.4, -0.2) is 12.6 Å². The van der Waals surface area contributed by atoms with Crippen molar-refractivity contribution in [2.24, 2.45) is 0 Å². The zero-order valence-electron chi connectivity index (χ0n) is 16.5. The highest BCUT2D eigenvalue weighted by Crippen LogP contribution is 2.38. The van der Waals surface area contributed by atoms with Crippen LogP contribution in [0.2, 0.25) is 15.1 Å². The molecule has 0 radical (unpaired) electrons. The zero-order valence-corrected chi connectivity index (χ0v) is 18.8. The van der Waals surface area contributed by atoms with E-state index in [9.17, 15) is 4.79 Å². The van der Waals surface area contributed by atoms with Crippen LogP contribution in [-0.2, 0) is 18.0 Å². The van der Waals surface area contributed by atoms with Gasteiger partial charge < -0.3 is 18.9 Å². The summed E-state index contributed by atoms with van der Waals surface area (Å²) in [6.45, 7) is 0.820. The van der Waals surface area contributed by atoms with Crippen molar-refractivity contribution in [1.29, 1.82) is 0 Å². The molecule has 0 saturated heterocycles. The van der Waals surface area contributed by atoms with Gasteiger partial charge in [-0.25, -0.2) is 0 Å². The van der Waals surface area contributed by atoms with Gasteiger partial charge in [-0.1, -0.05) is 40.9 Å². The number of halogens is 3. The molecule has 0 amide bonds. The van der Waals surface area contributed by atoms with Gasteiger partial charge in [-0.05, 0) is 48.0 Å². The van der Waals surface area contributed by atoms with Crippen LogP contribution in [0.5, 0.6) is 17.2 Å². The molecule has 5 nitrogen and oxygen atoms in total. The molecule has 0 unspecified atom stereocenters. The van der Waals surface area contributed by atoms with Gasteiger partial charge >= 0.3 is 0 Å². The second-order valence-corrected chi connectivity index (χ2v) is 8.48. The van der Waals surface area contributed by atoms with Gasteiger partial charge in [-0.2, -0.15) is 0 Å². The first-order valence-corrected chi connectivity index (χ1v) is 10.8. The molecule has 2 heterocycles. The molecular weight excluding hydrogens is 475 g/mol. The van der Waals surface area contributed by atoms with E-state index in [1.54, 1.807) is 48.5 Å². The Morgan fingerprint density at radius 3 is 2.72 bits per heavy atom. The molecule has 32 heavy (non-hydrogen) atoms. The van der Waals surface area contributed by atoms with Crippen molar-refractivity contribution < 1.29 is 23.7 Å². The summed E-state index contributed by atoms with van der Waals surface area (Å²) in [5.74, 6) is 1.57. The van der Waals surface area contributed by atoms with E-state index in [0.29, 0.717) is 56.7 Å². The Bertz CT molecular complexity index is 1270. The molecular formula is C24H15Cl3O5. The van der Waals surface area contributed by atoms with Gasteiger partial charge in [0.2, 0.25) is 5.78 Å². The number of hydrogen-bond donors (Lipinski definition) is 0. The fraction of sp³-hybridized carbons (Fsp3) is 0.125. The van der Waals surface area contributed by atoms with Crippen molar-refractivity contribution in [3.63, 3.8) is 0 Å². The summed E-state index contributed by atoms with van der Waals surface area (Å²) < 4.78 is 22.6. The third-order valence-corrected chi connectivity index (χ3v) is 5.98. The number of Topliss-reactive ketones (excluding diaryl/α,β-unsaturated/α-hetero) is 1. The number of ketones is 1. The average Bonchev–Trinajstić information content (AvgIpc) is 3.09. The summed E-state index contributed by atoms with van der Waals surface area (Å²) in [6, 6.07) is 13.9. The van der Waals surface area contributed by atoms with Gasteiger partial charge in [0.1, 0.15) is 23.9 Å². The first kappa shape index (κ1) is 21.2. The molecule has 0 spiro atoms. The fourth-order valence-corrected chi connectivity index (χ4v) is 4.08. The minimum absolute atomic E-state index is 0.138. The van der Waals surface area contributed by atoms with Crippen LogP contribution in [0.15, 0.2) is 54.3 Å². The zero-order chi connectivity index (χ0) is 22.2. The summed E-state index contributed by atoms with van der Waals surface area (Å²) >= 11 is 18.2. The molecule has 0 saturated carbocycles. The number of benzene rings is 3. The van der Waals surface area contributed by atoms with Crippen LogP contribution in [0, 0.1) is 0 Å². The maximum absolute atomic E-state index is 12.9. The van der Waals surface area contributed by atoms with Crippen molar-refractivity contribution in [2.75, 3.05) is 6.79 Å². The first-order chi connectivity index (χ1) is 15.5. The Kier molecular flexibility index (Phi) is 5.74. The smallest absolute Gasteiger partial charge is 0.231 e. The summed E-state index contributed by atoms with van der Waals surface area (Å²) in [7, 11) is 0. The number of rotatable bonds is 4. The molecule has 0 bridgehead atoms. The van der Waals surface area contributed by atoms with Gasteiger partial charge in [0.05, 0.1) is 22.2 Å². The fourth-order valence-electron chi connectivity index (χ4n) is 3.51. The normalized spacial score (nSPS) is 15.7. The van der Waals surface area contributed by atoms with E-state index >= 15 is 0 Å². The van der Waals surface area contributed by atoms with Gasteiger partial charge in [0.15, 0.2) is 12.6 Å². The van der Waals surface area contributed by atoms with Gasteiger partial charge in [-0.3, -0.25) is 4.79 Å². The first-order valence-electron chi connectivity index (χ1n) is 9.66. The molecule has 0 aliphatic carbocycles. The Hall–Kier alpha value is -2.70. The highest BCUT2D eigenvalue weighted by Gasteiger charge is 2.28. The van der Waals surface area contributed by atoms with Crippen LogP contribution in [0.25, 0.3) is 6.08 Å². The second kappa shape index (κ2) is 8.68. The van der Waals surface area contributed by atoms with E-state index < -0.39 is 0 Å². The maximum Gasteiger partial charge on any atom is 0.231 e. The average molecular weight is 490 g/mol. The van der Waals surface area contributed by atoms with E-state index in [-0.39, 0.29) is 18.3 Å². The van der Waals surface area contributed by atoms with E-state index in [1.165, 1.54) is 0 Å². The van der Waals surface area contributed by atoms with Crippen molar-refractivity contribution in [3.8, 4) is 17.2 Å². The number of ether oxygens (including phenoxy) is 4. The molecule has 0 fully saturated rings. The Morgan fingerprint density at radius 2 is 1.88 bits per heavy atom. The summed E-state index contributed by atoms with van der Waals surface area (Å²) in [5.41, 5.74) is 2.80. The number of carbonyl (C=O) groups is 1. The Morgan fingerprint density at radius 1 is 1.00 bits per heavy atom. The second-order valence-electron chi connectivity index (χ2n) is 7.23. The lowest BCUT2D eigenvalue weighted by molar-refractivity contribution is -0.0165. The van der Waals surface area contributed by atoms with E-state index in [1.807, 2.05) is 6.07 Å². The SMILES string of the molecule is O=C1C(=Cc2cc(Cl)cc3c2OCOC3)Oc2cc(OCc3ccc(Cl)c(Cl)c3)ccc21. The summed E-state index contributed by atoms with van der Waals surface area (Å²) in [5, 5.41) is 1.47. The largest absolute Gasteiger partial charge is 0.489 e. The van der Waals surface area contributed by atoms with Gasteiger partial charge in [0.25, 0.3) is 0 Å². The summed E-state index contributed by atoms with van der Waals surface area (Å²) in [4.78, 5) is 12.9. The number of fused-ring (bicyclic) bond motifs is 2. The lowest BCUT2D eigenvalue weighted by Crippen LogP contribution is -2.12. The lowest BCUT2D eigenvalue weighted by Gasteiger charge is -2.20. The molecule has 3 aromatic carbocycles. The van der Waals surface area contributed by atoms with Crippen LogP contribution < -0.4 is 14.2 Å². The number of hydrogen-bond acceptors (Lipinski definition) is 5. The highest BCUT2D eigenvalue weighted by molar-refractivity contribution is 6.42. The summed E-state index contributed by atoms with van der Waals surface area (Å²) in [6.07, 6.45) is 1.63. The van der Waals surface area contributed by atoms with Crippen LogP contribution in [0.1, 0.15) is 27.0 Å². The molecule has 8 heteroatoms. The van der Waals surface area contributed by atoms with Gasteiger partial charge in [-0.15, -0.1) is 0 Å². The molecule has 0 N–H and O–H groups in total. The molecule has 3 aromatic rings. The molecule has 0 atom stereocenters. The van der Waals surface area contributed by atoms with Crippen LogP contribution in [0.3, 0.4) is 0 Å². The standard InChI is InChI=1S/C24H15Cl3O5/c25-16-6-14(24-15(7-16)11-29-12-31-24)8-22-23(28)18-3-2-17(9-21(18)32-22)30-10-13-1-4-19(26)20(27)5-13/h1-9H,10-12H2. The van der Waals surface area contributed by atoms with E-state index in [0.717, 1.165) is 11.1 Å². The van der Waals surface area contributed by atoms with Crippen molar-refractivity contribution in [3.05, 3.63) is 91.6 Å². The third kappa shape index (κ3) is 4.17. The Balaban J connectivity index is 1.37. The predicted octanol–water partition coefficient (Wildman–Crippen LogP) is 6.71. The topological polar surface area (TPSA) is 54.0 Å². The molecule has 5 rings (SSSR count). The number of allylic oxidation sites excluding steroid dienone is 1. The molecule has 0 aromatic heterocycles. The van der Waals surface area contributed by atoms with Gasteiger partial charge in [0, 0.05) is 22.2 Å². The maximum atomic E-state index is 12.9. The Labute approximate surface area is 199 Å².